The first-order valence-corrected chi connectivity index (χ1v) is 9.62. The topological polar surface area (TPSA) is 51.2 Å². The third-order valence-electron chi connectivity index (χ3n) is 3.89. The summed E-state index contributed by atoms with van der Waals surface area (Å²) in [5.74, 6) is -0.0226. The Morgan fingerprint density at radius 3 is 2.50 bits per heavy atom. The second-order valence-electron chi connectivity index (χ2n) is 5.90. The number of hydrogen-bond donors (Lipinski definition) is 1. The number of amides is 1. The van der Waals surface area contributed by atoms with Crippen molar-refractivity contribution in [2.75, 3.05) is 18.5 Å². The van der Waals surface area contributed by atoms with Gasteiger partial charge in [-0.2, -0.15) is 0 Å². The molecule has 134 valence electrons. The monoisotopic (exact) mass is 366 g/mol. The van der Waals surface area contributed by atoms with Crippen molar-refractivity contribution in [3.63, 3.8) is 0 Å². The molecule has 5 heteroatoms. The van der Waals surface area contributed by atoms with Crippen LogP contribution in [0.15, 0.2) is 66.0 Å². The first-order chi connectivity index (χ1) is 12.8. The average molecular weight is 366 g/mol. The van der Waals surface area contributed by atoms with E-state index >= 15 is 0 Å². The van der Waals surface area contributed by atoms with Gasteiger partial charge in [0.25, 0.3) is 0 Å². The van der Waals surface area contributed by atoms with Gasteiger partial charge >= 0.3 is 0 Å². The molecule has 0 aliphatic rings. The lowest BCUT2D eigenvalue weighted by Crippen LogP contribution is -2.12. The highest BCUT2D eigenvalue weighted by molar-refractivity contribution is 7.14. The van der Waals surface area contributed by atoms with Crippen molar-refractivity contribution in [3.8, 4) is 11.3 Å². The predicted molar refractivity (Wildman–Crippen MR) is 106 cm³/mol. The average Bonchev–Trinajstić information content (AvgIpc) is 3.14. The minimum Gasteiger partial charge on any atom is -0.381 e. The lowest BCUT2D eigenvalue weighted by molar-refractivity contribution is -0.116. The van der Waals surface area contributed by atoms with Crippen LogP contribution >= 0.6 is 11.3 Å². The van der Waals surface area contributed by atoms with Gasteiger partial charge in [0.2, 0.25) is 5.91 Å². The highest BCUT2D eigenvalue weighted by Gasteiger charge is 2.07. The normalized spacial score (nSPS) is 10.6. The Morgan fingerprint density at radius 2 is 1.73 bits per heavy atom. The summed E-state index contributed by atoms with van der Waals surface area (Å²) < 4.78 is 5.61. The van der Waals surface area contributed by atoms with E-state index in [9.17, 15) is 4.79 Å². The molecular weight excluding hydrogens is 344 g/mol. The summed E-state index contributed by atoms with van der Waals surface area (Å²) in [6.07, 6.45) is 2.04. The standard InChI is InChI=1S/C21H22N2O2S/c24-20(12-7-14-25-15-13-17-8-3-1-4-9-17)23-21-22-19(16-26-21)18-10-5-2-6-11-18/h1-6,8-11,16H,7,12-15H2,(H,22,23,24). The van der Waals surface area contributed by atoms with E-state index in [-0.39, 0.29) is 5.91 Å². The summed E-state index contributed by atoms with van der Waals surface area (Å²) in [7, 11) is 0. The largest absolute Gasteiger partial charge is 0.381 e. The molecular formula is C21H22N2O2S. The quantitative estimate of drug-likeness (QED) is 0.554. The number of carbonyl (C=O) groups excluding carboxylic acids is 1. The highest BCUT2D eigenvalue weighted by atomic mass is 32.1. The van der Waals surface area contributed by atoms with Gasteiger partial charge in [-0.05, 0) is 18.4 Å². The summed E-state index contributed by atoms with van der Waals surface area (Å²) in [5, 5.41) is 5.46. The Morgan fingerprint density at radius 1 is 1.00 bits per heavy atom. The van der Waals surface area contributed by atoms with Crippen LogP contribution < -0.4 is 5.32 Å². The third kappa shape index (κ3) is 5.79. The number of rotatable bonds is 9. The van der Waals surface area contributed by atoms with E-state index in [0.717, 1.165) is 17.7 Å². The molecule has 0 unspecified atom stereocenters. The summed E-state index contributed by atoms with van der Waals surface area (Å²) in [4.78, 5) is 16.5. The van der Waals surface area contributed by atoms with E-state index in [0.29, 0.717) is 31.2 Å². The maximum Gasteiger partial charge on any atom is 0.226 e. The molecule has 2 aromatic carbocycles. The third-order valence-corrected chi connectivity index (χ3v) is 4.65. The fourth-order valence-electron chi connectivity index (χ4n) is 2.53. The number of thiazole rings is 1. The molecule has 0 atom stereocenters. The minimum atomic E-state index is -0.0226. The van der Waals surface area contributed by atoms with Gasteiger partial charge in [-0.1, -0.05) is 60.7 Å². The number of hydrogen-bond acceptors (Lipinski definition) is 4. The molecule has 0 saturated carbocycles. The maximum absolute atomic E-state index is 12.0. The van der Waals surface area contributed by atoms with Crippen LogP contribution in [0.5, 0.6) is 0 Å². The zero-order valence-corrected chi connectivity index (χ0v) is 15.4. The fraction of sp³-hybridized carbons (Fsp3) is 0.238. The molecule has 0 aliphatic carbocycles. The number of anilines is 1. The SMILES string of the molecule is O=C(CCCOCCc1ccccc1)Nc1nc(-c2ccccc2)cs1. The molecule has 0 aliphatic heterocycles. The Kier molecular flexibility index (Phi) is 6.93. The van der Waals surface area contributed by atoms with Crippen molar-refractivity contribution in [3.05, 3.63) is 71.6 Å². The lowest BCUT2D eigenvalue weighted by atomic mass is 10.2. The van der Waals surface area contributed by atoms with E-state index < -0.39 is 0 Å². The molecule has 3 aromatic rings. The van der Waals surface area contributed by atoms with Crippen molar-refractivity contribution in [2.45, 2.75) is 19.3 Å². The van der Waals surface area contributed by atoms with Crippen molar-refractivity contribution in [2.24, 2.45) is 0 Å². The van der Waals surface area contributed by atoms with Crippen LogP contribution in [0.4, 0.5) is 5.13 Å². The lowest BCUT2D eigenvalue weighted by Gasteiger charge is -2.05. The van der Waals surface area contributed by atoms with Crippen LogP contribution in [0, 0.1) is 0 Å². The highest BCUT2D eigenvalue weighted by Crippen LogP contribution is 2.24. The van der Waals surface area contributed by atoms with Gasteiger partial charge in [-0.3, -0.25) is 4.79 Å². The molecule has 1 aromatic heterocycles. The molecule has 26 heavy (non-hydrogen) atoms. The molecule has 0 bridgehead atoms. The van der Waals surface area contributed by atoms with E-state index in [2.05, 4.69) is 22.4 Å². The van der Waals surface area contributed by atoms with E-state index in [1.54, 1.807) is 0 Å². The Labute approximate surface area is 157 Å². The second-order valence-corrected chi connectivity index (χ2v) is 6.76. The van der Waals surface area contributed by atoms with E-state index in [1.165, 1.54) is 16.9 Å². The van der Waals surface area contributed by atoms with Crippen LogP contribution in [0.25, 0.3) is 11.3 Å². The van der Waals surface area contributed by atoms with Gasteiger partial charge in [0.1, 0.15) is 0 Å². The molecule has 0 spiro atoms. The second kappa shape index (κ2) is 9.85. The number of aromatic nitrogens is 1. The van der Waals surface area contributed by atoms with Crippen LogP contribution in [0.1, 0.15) is 18.4 Å². The first-order valence-electron chi connectivity index (χ1n) is 8.74. The Balaban J connectivity index is 1.32. The fourth-order valence-corrected chi connectivity index (χ4v) is 3.26. The first kappa shape index (κ1) is 18.3. The predicted octanol–water partition coefficient (Wildman–Crippen LogP) is 4.79. The van der Waals surface area contributed by atoms with Gasteiger partial charge in [0.15, 0.2) is 5.13 Å². The molecule has 0 radical (unpaired) electrons. The summed E-state index contributed by atoms with van der Waals surface area (Å²) >= 11 is 1.44. The number of ether oxygens (including phenoxy) is 1. The van der Waals surface area contributed by atoms with Crippen LogP contribution in [0.3, 0.4) is 0 Å². The molecule has 1 N–H and O–H groups in total. The summed E-state index contributed by atoms with van der Waals surface area (Å²) in [5.41, 5.74) is 3.20. The van der Waals surface area contributed by atoms with Gasteiger partial charge < -0.3 is 10.1 Å². The van der Waals surface area contributed by atoms with Crippen LogP contribution in [-0.4, -0.2) is 24.1 Å². The Hall–Kier alpha value is -2.50. The maximum atomic E-state index is 12.0. The molecule has 3 rings (SSSR count). The van der Waals surface area contributed by atoms with Gasteiger partial charge in [-0.15, -0.1) is 11.3 Å². The Bertz CT molecular complexity index is 803. The van der Waals surface area contributed by atoms with Gasteiger partial charge in [-0.25, -0.2) is 4.98 Å². The molecule has 0 saturated heterocycles. The number of benzene rings is 2. The van der Waals surface area contributed by atoms with Crippen molar-refractivity contribution in [1.82, 2.24) is 4.98 Å². The molecule has 4 nitrogen and oxygen atoms in total. The number of carbonyl (C=O) groups is 1. The van der Waals surface area contributed by atoms with E-state index in [4.69, 9.17) is 4.74 Å². The number of nitrogens with zero attached hydrogens (tertiary/aromatic N) is 1. The smallest absolute Gasteiger partial charge is 0.226 e. The van der Waals surface area contributed by atoms with E-state index in [1.807, 2.05) is 53.9 Å². The van der Waals surface area contributed by atoms with Crippen LogP contribution in [-0.2, 0) is 16.0 Å². The minimum absolute atomic E-state index is 0.0226. The molecule has 1 heterocycles. The number of nitrogens with one attached hydrogen (secondary N) is 1. The summed E-state index contributed by atoms with van der Waals surface area (Å²) in [6.45, 7) is 1.27. The molecule has 1 amide bonds. The zero-order valence-electron chi connectivity index (χ0n) is 14.6. The van der Waals surface area contributed by atoms with Crippen molar-refractivity contribution < 1.29 is 9.53 Å². The summed E-state index contributed by atoms with van der Waals surface area (Å²) in [6, 6.07) is 20.2. The van der Waals surface area contributed by atoms with Gasteiger partial charge in [0.05, 0.1) is 12.3 Å². The molecule has 0 fully saturated rings. The van der Waals surface area contributed by atoms with Crippen LogP contribution in [0.2, 0.25) is 0 Å². The zero-order chi connectivity index (χ0) is 18.0. The van der Waals surface area contributed by atoms with Gasteiger partial charge in [0, 0.05) is 24.0 Å². The van der Waals surface area contributed by atoms with Crippen molar-refractivity contribution >= 4 is 22.4 Å². The van der Waals surface area contributed by atoms with Crippen molar-refractivity contribution in [1.29, 1.82) is 0 Å².